The average Bonchev–Trinajstić information content (AvgIpc) is 3.12. The molecule has 2 N–H and O–H groups in total. The van der Waals surface area contributed by atoms with E-state index in [0.717, 1.165) is 17.1 Å². The first-order valence-electron chi connectivity index (χ1n) is 9.27. The van der Waals surface area contributed by atoms with Gasteiger partial charge in [0, 0.05) is 23.2 Å². The maximum absolute atomic E-state index is 12.6. The number of carbonyl (C=O) groups is 1. The number of aromatic nitrogens is 2. The molecule has 3 aromatic rings. The Morgan fingerprint density at radius 3 is 2.24 bits per heavy atom. The number of rotatable bonds is 5. The highest BCUT2D eigenvalue weighted by Gasteiger charge is 2.21. The first kappa shape index (κ1) is 20.3. The Morgan fingerprint density at radius 2 is 1.62 bits per heavy atom. The first-order chi connectivity index (χ1) is 13.8. The number of hydrogen-bond acceptors (Lipinski definition) is 4. The highest BCUT2D eigenvalue weighted by Crippen LogP contribution is 2.27. The van der Waals surface area contributed by atoms with Crippen molar-refractivity contribution in [3.63, 3.8) is 0 Å². The Bertz CT molecular complexity index is 988. The molecule has 0 atom stereocenters. The van der Waals surface area contributed by atoms with E-state index in [0.29, 0.717) is 17.3 Å². The summed E-state index contributed by atoms with van der Waals surface area (Å²) in [6.07, 6.45) is 0. The summed E-state index contributed by atoms with van der Waals surface area (Å²) in [6.45, 7) is 6.23. The van der Waals surface area contributed by atoms with Gasteiger partial charge in [0.15, 0.2) is 0 Å². The van der Waals surface area contributed by atoms with Crippen LogP contribution >= 0.6 is 0 Å². The van der Waals surface area contributed by atoms with Crippen LogP contribution in [0, 0.1) is 0 Å². The van der Waals surface area contributed by atoms with Crippen LogP contribution in [0.5, 0.6) is 11.5 Å². The third-order valence-electron chi connectivity index (χ3n) is 4.36. The molecule has 0 unspecified atom stereocenters. The van der Waals surface area contributed by atoms with Gasteiger partial charge < -0.3 is 14.8 Å². The van der Waals surface area contributed by atoms with E-state index in [2.05, 4.69) is 31.4 Å². The number of carbonyl (C=O) groups excluding carboxylic acids is 1. The van der Waals surface area contributed by atoms with E-state index in [4.69, 9.17) is 14.6 Å². The van der Waals surface area contributed by atoms with Crippen LogP contribution in [0.15, 0.2) is 54.6 Å². The second kappa shape index (κ2) is 8.26. The summed E-state index contributed by atoms with van der Waals surface area (Å²) in [6, 6.07) is 16.2. The van der Waals surface area contributed by atoms with Gasteiger partial charge >= 0.3 is 6.03 Å². The Hall–Kier alpha value is -3.48. The van der Waals surface area contributed by atoms with Gasteiger partial charge in [0.05, 0.1) is 25.6 Å². The fraction of sp³-hybridized carbons (Fsp3) is 0.273. The van der Waals surface area contributed by atoms with Crippen molar-refractivity contribution in [2.24, 2.45) is 0 Å². The molecular formula is C22H26N4O3. The van der Waals surface area contributed by atoms with Gasteiger partial charge in [-0.05, 0) is 36.4 Å². The van der Waals surface area contributed by atoms with Gasteiger partial charge in [-0.1, -0.05) is 26.8 Å². The van der Waals surface area contributed by atoms with Crippen molar-refractivity contribution >= 4 is 17.5 Å². The molecule has 0 saturated carbocycles. The fourth-order valence-electron chi connectivity index (χ4n) is 2.74. The highest BCUT2D eigenvalue weighted by atomic mass is 16.5. The fourth-order valence-corrected chi connectivity index (χ4v) is 2.74. The van der Waals surface area contributed by atoms with E-state index >= 15 is 0 Å². The Kier molecular flexibility index (Phi) is 5.77. The number of hydrogen-bond donors (Lipinski definition) is 2. The van der Waals surface area contributed by atoms with E-state index in [1.165, 1.54) is 0 Å². The SMILES string of the molecule is COc1ccc(-n2nc(C(C)(C)C)cc2NC(=O)Nc2cccc(OC)c2)cc1. The Labute approximate surface area is 170 Å². The van der Waals surface area contributed by atoms with Crippen molar-refractivity contribution < 1.29 is 14.3 Å². The maximum atomic E-state index is 12.6. The highest BCUT2D eigenvalue weighted by molar-refractivity contribution is 5.99. The third-order valence-corrected chi connectivity index (χ3v) is 4.36. The molecule has 0 saturated heterocycles. The minimum Gasteiger partial charge on any atom is -0.497 e. The molecule has 0 fully saturated rings. The molecule has 0 spiro atoms. The molecule has 2 aromatic carbocycles. The number of benzene rings is 2. The summed E-state index contributed by atoms with van der Waals surface area (Å²) < 4.78 is 12.1. The van der Waals surface area contributed by atoms with Gasteiger partial charge in [0.25, 0.3) is 0 Å². The Morgan fingerprint density at radius 1 is 0.931 bits per heavy atom. The van der Waals surface area contributed by atoms with Crippen LogP contribution in [0.2, 0.25) is 0 Å². The van der Waals surface area contributed by atoms with Crippen molar-refractivity contribution in [3.8, 4) is 17.2 Å². The van der Waals surface area contributed by atoms with E-state index in [-0.39, 0.29) is 11.4 Å². The van der Waals surface area contributed by atoms with Gasteiger partial charge in [-0.25, -0.2) is 9.48 Å². The normalized spacial score (nSPS) is 11.1. The van der Waals surface area contributed by atoms with Crippen LogP contribution in [-0.4, -0.2) is 30.0 Å². The number of nitrogens with one attached hydrogen (secondary N) is 2. The summed E-state index contributed by atoms with van der Waals surface area (Å²) >= 11 is 0. The monoisotopic (exact) mass is 394 g/mol. The summed E-state index contributed by atoms with van der Waals surface area (Å²) in [5, 5.41) is 10.4. The predicted octanol–water partition coefficient (Wildman–Crippen LogP) is 4.83. The molecule has 3 rings (SSSR count). The average molecular weight is 394 g/mol. The quantitative estimate of drug-likeness (QED) is 0.650. The number of urea groups is 1. The number of ether oxygens (including phenoxy) is 2. The summed E-state index contributed by atoms with van der Waals surface area (Å²) in [7, 11) is 3.21. The minimum absolute atomic E-state index is 0.169. The zero-order valence-electron chi connectivity index (χ0n) is 17.3. The lowest BCUT2D eigenvalue weighted by atomic mass is 9.92. The van der Waals surface area contributed by atoms with Crippen LogP contribution in [-0.2, 0) is 5.41 Å². The van der Waals surface area contributed by atoms with Crippen molar-refractivity contribution in [2.45, 2.75) is 26.2 Å². The van der Waals surface area contributed by atoms with Crippen LogP contribution in [0.1, 0.15) is 26.5 Å². The summed E-state index contributed by atoms with van der Waals surface area (Å²) in [5.74, 6) is 1.99. The van der Waals surface area contributed by atoms with Crippen molar-refractivity contribution in [3.05, 3.63) is 60.3 Å². The van der Waals surface area contributed by atoms with Gasteiger partial charge in [-0.15, -0.1) is 0 Å². The lowest BCUT2D eigenvalue weighted by molar-refractivity contribution is 0.262. The molecule has 1 heterocycles. The zero-order chi connectivity index (χ0) is 21.0. The molecule has 0 aliphatic carbocycles. The molecule has 0 aliphatic heterocycles. The second-order valence-corrected chi connectivity index (χ2v) is 7.59. The number of anilines is 2. The van der Waals surface area contributed by atoms with Crippen molar-refractivity contribution in [1.29, 1.82) is 0 Å². The topological polar surface area (TPSA) is 77.4 Å². The van der Waals surface area contributed by atoms with E-state index < -0.39 is 0 Å². The van der Waals surface area contributed by atoms with Gasteiger partial charge in [0.1, 0.15) is 17.3 Å². The number of amides is 2. The molecule has 7 nitrogen and oxygen atoms in total. The summed E-state index contributed by atoms with van der Waals surface area (Å²) in [5.41, 5.74) is 2.15. The molecule has 0 aliphatic rings. The van der Waals surface area contributed by atoms with Crippen molar-refractivity contribution in [2.75, 3.05) is 24.9 Å². The molecule has 0 radical (unpaired) electrons. The lowest BCUT2D eigenvalue weighted by Crippen LogP contribution is -2.21. The minimum atomic E-state index is -0.367. The largest absolute Gasteiger partial charge is 0.497 e. The van der Waals surface area contributed by atoms with Gasteiger partial charge in [0.2, 0.25) is 0 Å². The van der Waals surface area contributed by atoms with Crippen LogP contribution in [0.25, 0.3) is 5.69 Å². The van der Waals surface area contributed by atoms with Crippen LogP contribution in [0.3, 0.4) is 0 Å². The molecule has 0 bridgehead atoms. The number of methoxy groups -OCH3 is 2. The van der Waals surface area contributed by atoms with Crippen molar-refractivity contribution in [1.82, 2.24) is 9.78 Å². The molecule has 29 heavy (non-hydrogen) atoms. The lowest BCUT2D eigenvalue weighted by Gasteiger charge is -2.14. The maximum Gasteiger partial charge on any atom is 0.324 e. The van der Waals surface area contributed by atoms with E-state index in [9.17, 15) is 4.79 Å². The predicted molar refractivity (Wildman–Crippen MR) is 114 cm³/mol. The second-order valence-electron chi connectivity index (χ2n) is 7.59. The van der Waals surface area contributed by atoms with E-state index in [1.807, 2.05) is 42.5 Å². The summed E-state index contributed by atoms with van der Waals surface area (Å²) in [4.78, 5) is 12.6. The molecule has 2 amide bonds. The van der Waals surface area contributed by atoms with E-state index in [1.54, 1.807) is 31.0 Å². The van der Waals surface area contributed by atoms with Gasteiger partial charge in [-0.3, -0.25) is 5.32 Å². The molecule has 152 valence electrons. The zero-order valence-corrected chi connectivity index (χ0v) is 17.3. The molecule has 7 heteroatoms. The smallest absolute Gasteiger partial charge is 0.324 e. The molecular weight excluding hydrogens is 368 g/mol. The number of nitrogens with zero attached hydrogens (tertiary/aromatic N) is 2. The first-order valence-corrected chi connectivity index (χ1v) is 9.27. The molecule has 1 aromatic heterocycles. The van der Waals surface area contributed by atoms with Gasteiger partial charge in [-0.2, -0.15) is 5.10 Å². The Balaban J connectivity index is 1.88. The standard InChI is InChI=1S/C22H26N4O3/c1-22(2,3)19-14-20(26(25-19)16-9-11-17(28-4)12-10-16)24-21(27)23-15-7-6-8-18(13-15)29-5/h6-14H,1-5H3,(H2,23,24,27). The van der Waals surface area contributed by atoms with Crippen LogP contribution in [0.4, 0.5) is 16.3 Å². The van der Waals surface area contributed by atoms with Crippen LogP contribution < -0.4 is 20.1 Å². The third kappa shape index (κ3) is 4.87.